The van der Waals surface area contributed by atoms with Gasteiger partial charge in [0.05, 0.1) is 18.4 Å². The number of amides is 1. The van der Waals surface area contributed by atoms with Gasteiger partial charge >= 0.3 is 0 Å². The van der Waals surface area contributed by atoms with Crippen LogP contribution in [0.2, 0.25) is 0 Å². The highest BCUT2D eigenvalue weighted by atomic mass is 19.1. The highest BCUT2D eigenvalue weighted by Gasteiger charge is 2.20. The molecule has 0 saturated carbocycles. The van der Waals surface area contributed by atoms with E-state index in [4.69, 9.17) is 4.74 Å². The number of benzene rings is 3. The van der Waals surface area contributed by atoms with Gasteiger partial charge in [-0.2, -0.15) is 0 Å². The molecule has 3 aromatic rings. The maximum atomic E-state index is 14.2. The lowest BCUT2D eigenvalue weighted by Gasteiger charge is -2.16. The van der Waals surface area contributed by atoms with Crippen molar-refractivity contribution >= 4 is 11.6 Å². The minimum absolute atomic E-state index is 0.110. The van der Waals surface area contributed by atoms with Crippen LogP contribution in [-0.4, -0.2) is 18.1 Å². The van der Waals surface area contributed by atoms with E-state index in [2.05, 4.69) is 5.32 Å². The topological polar surface area (TPSA) is 58.6 Å². The predicted molar refractivity (Wildman–Crippen MR) is 104 cm³/mol. The predicted octanol–water partition coefficient (Wildman–Crippen LogP) is 5.22. The minimum atomic E-state index is -0.666. The van der Waals surface area contributed by atoms with Gasteiger partial charge in [-0.3, -0.25) is 4.79 Å². The summed E-state index contributed by atoms with van der Waals surface area (Å²) >= 11 is 0. The average molecular weight is 383 g/mol. The van der Waals surface area contributed by atoms with Gasteiger partial charge in [-0.25, -0.2) is 8.78 Å². The zero-order chi connectivity index (χ0) is 20.4. The number of halogens is 2. The van der Waals surface area contributed by atoms with Crippen molar-refractivity contribution in [3.8, 4) is 22.6 Å². The van der Waals surface area contributed by atoms with E-state index >= 15 is 0 Å². The van der Waals surface area contributed by atoms with Gasteiger partial charge in [0.1, 0.15) is 23.1 Å². The Morgan fingerprint density at radius 3 is 2.46 bits per heavy atom. The molecule has 0 aliphatic carbocycles. The second-order valence-electron chi connectivity index (χ2n) is 6.40. The van der Waals surface area contributed by atoms with Crippen LogP contribution in [0.4, 0.5) is 14.5 Å². The number of carbonyl (C=O) groups excluding carboxylic acids is 1. The van der Waals surface area contributed by atoms with E-state index in [1.807, 2.05) is 0 Å². The number of hydrogen-bond acceptors (Lipinski definition) is 3. The Labute approximate surface area is 161 Å². The second-order valence-corrected chi connectivity index (χ2v) is 6.40. The molecule has 0 saturated heterocycles. The van der Waals surface area contributed by atoms with Gasteiger partial charge in [-0.1, -0.05) is 12.1 Å². The third-order valence-electron chi connectivity index (χ3n) is 4.51. The first kappa shape index (κ1) is 19.4. The maximum Gasteiger partial charge on any atom is 0.259 e. The molecule has 6 heteroatoms. The Balaban J connectivity index is 2.08. The van der Waals surface area contributed by atoms with Crippen LogP contribution in [0.1, 0.15) is 21.5 Å². The number of aryl methyl sites for hydroxylation is 1. The molecule has 0 atom stereocenters. The number of nitrogens with one attached hydrogen (secondary N) is 1. The molecule has 4 nitrogen and oxygen atoms in total. The standard InChI is InChI=1S/C22H19F2NO3/c1-12-9-15(14-5-4-6-16(23)10-14)11-17(21(12)28-3)22(27)25-20-13(2)19(26)8-7-18(20)24/h4-11,26H,1-3H3,(H,25,27). The molecule has 0 aliphatic rings. The van der Waals surface area contributed by atoms with Crippen LogP contribution in [0.5, 0.6) is 11.5 Å². The van der Waals surface area contributed by atoms with E-state index in [-0.39, 0.29) is 22.6 Å². The number of rotatable bonds is 4. The normalized spacial score (nSPS) is 10.6. The molecule has 3 rings (SSSR count). The van der Waals surface area contributed by atoms with E-state index in [1.54, 1.807) is 31.2 Å². The fraction of sp³-hybridized carbons (Fsp3) is 0.136. The van der Waals surface area contributed by atoms with E-state index < -0.39 is 17.5 Å². The van der Waals surface area contributed by atoms with Crippen molar-refractivity contribution in [2.75, 3.05) is 12.4 Å². The molecule has 0 radical (unpaired) electrons. The Kier molecular flexibility index (Phi) is 5.31. The molecular weight excluding hydrogens is 364 g/mol. The zero-order valence-electron chi connectivity index (χ0n) is 15.6. The summed E-state index contributed by atoms with van der Waals surface area (Å²) in [5, 5.41) is 12.3. The first-order valence-electron chi connectivity index (χ1n) is 8.55. The Hall–Kier alpha value is -3.41. The smallest absolute Gasteiger partial charge is 0.259 e. The molecule has 3 aromatic carbocycles. The number of aromatic hydroxyl groups is 1. The summed E-state index contributed by atoms with van der Waals surface area (Å²) < 4.78 is 33.1. The average Bonchev–Trinajstić information content (AvgIpc) is 2.67. The number of anilines is 1. The molecule has 0 heterocycles. The van der Waals surface area contributed by atoms with Crippen LogP contribution in [0.3, 0.4) is 0 Å². The highest BCUT2D eigenvalue weighted by Crippen LogP contribution is 2.33. The molecule has 0 unspecified atom stereocenters. The number of hydrogen-bond donors (Lipinski definition) is 2. The molecular formula is C22H19F2NO3. The number of methoxy groups -OCH3 is 1. The van der Waals surface area contributed by atoms with Crippen molar-refractivity contribution in [2.24, 2.45) is 0 Å². The third kappa shape index (κ3) is 3.67. The van der Waals surface area contributed by atoms with Crippen molar-refractivity contribution in [1.82, 2.24) is 0 Å². The fourth-order valence-electron chi connectivity index (χ4n) is 3.05. The Morgan fingerprint density at radius 2 is 1.79 bits per heavy atom. The van der Waals surface area contributed by atoms with Crippen LogP contribution >= 0.6 is 0 Å². The van der Waals surface area contributed by atoms with Gasteiger partial charge < -0.3 is 15.2 Å². The van der Waals surface area contributed by atoms with E-state index in [9.17, 15) is 18.7 Å². The number of phenolic OH excluding ortho intramolecular Hbond substituents is 1. The van der Waals surface area contributed by atoms with Gasteiger partial charge in [0, 0.05) is 5.56 Å². The quantitative estimate of drug-likeness (QED) is 0.650. The molecule has 0 bridgehead atoms. The SMILES string of the molecule is COc1c(C)cc(-c2cccc(F)c2)cc1C(=O)Nc1c(F)ccc(O)c1C. The molecule has 0 aromatic heterocycles. The Bertz CT molecular complexity index is 1060. The van der Waals surface area contributed by atoms with Crippen molar-refractivity contribution < 1.29 is 23.4 Å². The summed E-state index contributed by atoms with van der Waals surface area (Å²) in [6.07, 6.45) is 0. The highest BCUT2D eigenvalue weighted by molar-refractivity contribution is 6.07. The molecule has 28 heavy (non-hydrogen) atoms. The first-order chi connectivity index (χ1) is 13.3. The first-order valence-corrected chi connectivity index (χ1v) is 8.55. The lowest BCUT2D eigenvalue weighted by atomic mass is 9.98. The van der Waals surface area contributed by atoms with Crippen LogP contribution in [0.15, 0.2) is 48.5 Å². The number of ether oxygens (including phenoxy) is 1. The monoisotopic (exact) mass is 383 g/mol. The molecule has 2 N–H and O–H groups in total. The summed E-state index contributed by atoms with van der Waals surface area (Å²) in [6, 6.07) is 11.6. The van der Waals surface area contributed by atoms with Crippen molar-refractivity contribution in [1.29, 1.82) is 0 Å². The molecule has 0 aliphatic heterocycles. The number of carbonyl (C=O) groups is 1. The molecule has 144 valence electrons. The Morgan fingerprint density at radius 1 is 1.04 bits per heavy atom. The van der Waals surface area contributed by atoms with E-state index in [0.29, 0.717) is 22.4 Å². The van der Waals surface area contributed by atoms with Crippen LogP contribution in [-0.2, 0) is 0 Å². The lowest BCUT2D eigenvalue weighted by Crippen LogP contribution is -2.16. The second kappa shape index (κ2) is 7.68. The van der Waals surface area contributed by atoms with Crippen LogP contribution < -0.4 is 10.1 Å². The van der Waals surface area contributed by atoms with Gasteiger partial charge in [0.25, 0.3) is 5.91 Å². The zero-order valence-corrected chi connectivity index (χ0v) is 15.6. The lowest BCUT2D eigenvalue weighted by molar-refractivity contribution is 0.102. The third-order valence-corrected chi connectivity index (χ3v) is 4.51. The van der Waals surface area contributed by atoms with Gasteiger partial charge in [0.15, 0.2) is 0 Å². The summed E-state index contributed by atoms with van der Waals surface area (Å²) in [7, 11) is 1.43. The van der Waals surface area contributed by atoms with E-state index in [1.165, 1.54) is 32.2 Å². The van der Waals surface area contributed by atoms with Crippen molar-refractivity contribution in [3.63, 3.8) is 0 Å². The summed E-state index contributed by atoms with van der Waals surface area (Å²) in [6.45, 7) is 3.26. The number of phenols is 1. The van der Waals surface area contributed by atoms with Crippen molar-refractivity contribution in [3.05, 3.63) is 76.9 Å². The minimum Gasteiger partial charge on any atom is -0.508 e. The van der Waals surface area contributed by atoms with Crippen molar-refractivity contribution in [2.45, 2.75) is 13.8 Å². The van der Waals surface area contributed by atoms with Gasteiger partial charge in [0.2, 0.25) is 0 Å². The van der Waals surface area contributed by atoms with Crippen LogP contribution in [0, 0.1) is 25.5 Å². The van der Waals surface area contributed by atoms with E-state index in [0.717, 1.165) is 6.07 Å². The fourth-order valence-corrected chi connectivity index (χ4v) is 3.05. The van der Waals surface area contributed by atoms with Gasteiger partial charge in [-0.15, -0.1) is 0 Å². The van der Waals surface area contributed by atoms with Crippen LogP contribution in [0.25, 0.3) is 11.1 Å². The van der Waals surface area contributed by atoms with Gasteiger partial charge in [-0.05, 0) is 66.9 Å². The summed E-state index contributed by atoms with van der Waals surface area (Å²) in [5.74, 6) is -1.47. The molecule has 0 fully saturated rings. The largest absolute Gasteiger partial charge is 0.508 e. The molecule has 1 amide bonds. The maximum absolute atomic E-state index is 14.2. The molecule has 0 spiro atoms. The summed E-state index contributed by atoms with van der Waals surface area (Å²) in [5.41, 5.74) is 2.16. The summed E-state index contributed by atoms with van der Waals surface area (Å²) in [4.78, 5) is 12.9.